The quantitative estimate of drug-likeness (QED) is 0.837. The van der Waals surface area contributed by atoms with Crippen LogP contribution < -0.4 is 15.1 Å². The van der Waals surface area contributed by atoms with Gasteiger partial charge in [0.05, 0.1) is 13.2 Å². The van der Waals surface area contributed by atoms with E-state index in [-0.39, 0.29) is 0 Å². The van der Waals surface area contributed by atoms with Crippen molar-refractivity contribution in [2.75, 3.05) is 12.0 Å². The Labute approximate surface area is 153 Å². The molecule has 27 heavy (non-hydrogen) atoms. The minimum atomic E-state index is -4.57. The predicted molar refractivity (Wildman–Crippen MR) is 93.6 cm³/mol. The van der Waals surface area contributed by atoms with Crippen LogP contribution in [0.3, 0.4) is 0 Å². The molecule has 5 nitrogen and oxygen atoms in total. The number of anilines is 1. The number of hydrogen-bond donors (Lipinski definition) is 1. The fraction of sp³-hybridized carbons (Fsp3) is 0.263. The third kappa shape index (κ3) is 2.63. The molecular weight excluding hydrogens is 359 g/mol. The molecule has 140 valence electrons. The van der Waals surface area contributed by atoms with Gasteiger partial charge in [-0.25, -0.2) is 0 Å². The molecule has 8 heteroatoms. The number of amides is 1. The molecule has 2 aromatic rings. The number of β-lactam (4-membered cyclic amide) rings is 1. The molecule has 4 rings (SSSR count). The smallest absolute Gasteiger partial charge is 0.431 e. The lowest BCUT2D eigenvalue weighted by atomic mass is 9.72. The maximum Gasteiger partial charge on any atom is 0.431 e. The molecule has 0 bridgehead atoms. The summed E-state index contributed by atoms with van der Waals surface area (Å²) >= 11 is 0. The van der Waals surface area contributed by atoms with E-state index in [1.165, 1.54) is 12.0 Å². The topological polar surface area (TPSA) is 53.9 Å². The number of carbonyl (C=O) groups is 1. The van der Waals surface area contributed by atoms with Crippen LogP contribution in [0, 0.1) is 0 Å². The van der Waals surface area contributed by atoms with Crippen LogP contribution in [0.5, 0.6) is 5.75 Å². The largest absolute Gasteiger partial charge is 0.497 e. The number of hydrazone groups is 1. The molecule has 1 N–H and O–H groups in total. The third-order valence-electron chi connectivity index (χ3n) is 4.96. The lowest BCUT2D eigenvalue weighted by Gasteiger charge is -2.54. The molecule has 0 saturated carbocycles. The Hall–Kier alpha value is -3.03. The third-order valence-corrected chi connectivity index (χ3v) is 4.96. The molecule has 2 unspecified atom stereocenters. The zero-order valence-corrected chi connectivity index (χ0v) is 14.3. The van der Waals surface area contributed by atoms with Crippen LogP contribution in [-0.4, -0.2) is 30.4 Å². The molecule has 2 atom stereocenters. The standard InChI is InChI=1S/C19H16F3N3O2/c1-27-14-9-7-13(8-10-14)25-16(12-5-3-2-4-6-12)18(17(25)26)11-15(23-24-18)19(20,21)22/h2-10,16,24H,11H2,1H3. The van der Waals surface area contributed by atoms with Crippen molar-refractivity contribution in [2.45, 2.75) is 24.2 Å². The van der Waals surface area contributed by atoms with Crippen LogP contribution in [-0.2, 0) is 4.79 Å². The molecule has 1 fully saturated rings. The number of carbonyl (C=O) groups excluding carboxylic acids is 1. The highest BCUT2D eigenvalue weighted by atomic mass is 19.4. The molecule has 2 heterocycles. The Morgan fingerprint density at radius 2 is 1.81 bits per heavy atom. The van der Waals surface area contributed by atoms with E-state index in [0.717, 1.165) is 5.56 Å². The molecule has 2 aliphatic heterocycles. The fourth-order valence-electron chi connectivity index (χ4n) is 3.64. The van der Waals surface area contributed by atoms with Gasteiger partial charge < -0.3 is 4.74 Å². The van der Waals surface area contributed by atoms with E-state index in [1.54, 1.807) is 48.5 Å². The summed E-state index contributed by atoms with van der Waals surface area (Å²) in [7, 11) is 1.53. The van der Waals surface area contributed by atoms with Crippen LogP contribution in [0.2, 0.25) is 0 Å². The Morgan fingerprint density at radius 3 is 2.37 bits per heavy atom. The van der Waals surface area contributed by atoms with Gasteiger partial charge in [0.1, 0.15) is 11.5 Å². The molecule has 0 aliphatic carbocycles. The Bertz CT molecular complexity index is 897. The predicted octanol–water partition coefficient (Wildman–Crippen LogP) is 3.43. The lowest BCUT2D eigenvalue weighted by Crippen LogP contribution is -2.73. The van der Waals surface area contributed by atoms with Crippen molar-refractivity contribution in [1.82, 2.24) is 5.43 Å². The molecule has 0 aromatic heterocycles. The van der Waals surface area contributed by atoms with Crippen LogP contribution >= 0.6 is 0 Å². The zero-order valence-electron chi connectivity index (χ0n) is 14.3. The van der Waals surface area contributed by atoms with E-state index in [2.05, 4.69) is 10.5 Å². The fourth-order valence-corrected chi connectivity index (χ4v) is 3.64. The molecule has 1 amide bonds. The van der Waals surface area contributed by atoms with Crippen molar-refractivity contribution < 1.29 is 22.7 Å². The maximum absolute atomic E-state index is 13.1. The summed E-state index contributed by atoms with van der Waals surface area (Å²) in [5.74, 6) is 0.184. The monoisotopic (exact) mass is 375 g/mol. The number of nitrogens with zero attached hydrogens (tertiary/aromatic N) is 2. The van der Waals surface area contributed by atoms with Gasteiger partial charge in [-0.1, -0.05) is 30.3 Å². The van der Waals surface area contributed by atoms with Gasteiger partial charge in [-0.3, -0.25) is 15.1 Å². The Morgan fingerprint density at radius 1 is 1.15 bits per heavy atom. The number of nitrogens with one attached hydrogen (secondary N) is 1. The first-order valence-electron chi connectivity index (χ1n) is 8.30. The first-order valence-corrected chi connectivity index (χ1v) is 8.30. The number of hydrogen-bond acceptors (Lipinski definition) is 4. The second-order valence-corrected chi connectivity index (χ2v) is 6.50. The molecule has 1 saturated heterocycles. The number of benzene rings is 2. The first-order chi connectivity index (χ1) is 12.9. The summed E-state index contributed by atoms with van der Waals surface area (Å²) < 4.78 is 44.5. The van der Waals surface area contributed by atoms with Gasteiger partial charge in [-0.2, -0.15) is 18.3 Å². The molecular formula is C19H16F3N3O2. The number of methoxy groups -OCH3 is 1. The van der Waals surface area contributed by atoms with Gasteiger partial charge in [0.2, 0.25) is 0 Å². The van der Waals surface area contributed by atoms with Crippen molar-refractivity contribution in [2.24, 2.45) is 5.10 Å². The first kappa shape index (κ1) is 17.4. The van der Waals surface area contributed by atoms with E-state index in [0.29, 0.717) is 11.4 Å². The van der Waals surface area contributed by atoms with Crippen LogP contribution in [0.1, 0.15) is 18.0 Å². The van der Waals surface area contributed by atoms with Gasteiger partial charge in [0.15, 0.2) is 5.54 Å². The summed E-state index contributed by atoms with van der Waals surface area (Å²) in [6.45, 7) is 0. The number of ether oxygens (including phenoxy) is 1. The molecule has 1 spiro atoms. The van der Waals surface area contributed by atoms with Gasteiger partial charge in [0.25, 0.3) is 5.91 Å². The van der Waals surface area contributed by atoms with Crippen molar-refractivity contribution >= 4 is 17.3 Å². The Balaban J connectivity index is 1.72. The second kappa shape index (κ2) is 6.00. The van der Waals surface area contributed by atoms with Crippen molar-refractivity contribution in [3.63, 3.8) is 0 Å². The molecule has 2 aliphatic rings. The lowest BCUT2D eigenvalue weighted by molar-refractivity contribution is -0.134. The second-order valence-electron chi connectivity index (χ2n) is 6.50. The highest BCUT2D eigenvalue weighted by Gasteiger charge is 2.66. The highest BCUT2D eigenvalue weighted by Crippen LogP contribution is 2.50. The van der Waals surface area contributed by atoms with E-state index >= 15 is 0 Å². The SMILES string of the molecule is COc1ccc(N2C(=O)C3(CC(C(F)(F)F)=NN3)C2c2ccccc2)cc1. The Kier molecular flexibility index (Phi) is 3.87. The average Bonchev–Trinajstić information content (AvgIpc) is 3.15. The van der Waals surface area contributed by atoms with E-state index in [1.807, 2.05) is 6.07 Å². The summed E-state index contributed by atoms with van der Waals surface area (Å²) in [5.41, 5.74) is 1.43. The summed E-state index contributed by atoms with van der Waals surface area (Å²) in [6, 6.07) is 15.2. The van der Waals surface area contributed by atoms with Gasteiger partial charge in [-0.15, -0.1) is 0 Å². The van der Waals surface area contributed by atoms with Gasteiger partial charge >= 0.3 is 6.18 Å². The molecule has 0 radical (unpaired) electrons. The normalized spacial score (nSPS) is 24.4. The minimum Gasteiger partial charge on any atom is -0.497 e. The number of halogens is 3. The average molecular weight is 375 g/mol. The minimum absolute atomic E-state index is 0.440. The van der Waals surface area contributed by atoms with Crippen molar-refractivity contribution in [3.05, 3.63) is 60.2 Å². The number of rotatable bonds is 3. The highest BCUT2D eigenvalue weighted by molar-refractivity contribution is 6.13. The van der Waals surface area contributed by atoms with Gasteiger partial charge in [0, 0.05) is 12.1 Å². The van der Waals surface area contributed by atoms with E-state index in [4.69, 9.17) is 4.74 Å². The molecule has 2 aromatic carbocycles. The maximum atomic E-state index is 13.1. The van der Waals surface area contributed by atoms with Gasteiger partial charge in [-0.05, 0) is 29.8 Å². The summed E-state index contributed by atoms with van der Waals surface area (Å²) in [5, 5.41) is 3.44. The van der Waals surface area contributed by atoms with Crippen LogP contribution in [0.15, 0.2) is 59.7 Å². The zero-order chi connectivity index (χ0) is 19.2. The van der Waals surface area contributed by atoms with Crippen LogP contribution in [0.25, 0.3) is 0 Å². The number of alkyl halides is 3. The summed E-state index contributed by atoms with van der Waals surface area (Å²) in [6.07, 6.45) is -5.07. The van der Waals surface area contributed by atoms with Crippen molar-refractivity contribution in [3.8, 4) is 5.75 Å². The van der Waals surface area contributed by atoms with E-state index in [9.17, 15) is 18.0 Å². The van der Waals surface area contributed by atoms with Crippen molar-refractivity contribution in [1.29, 1.82) is 0 Å². The van der Waals surface area contributed by atoms with Crippen LogP contribution in [0.4, 0.5) is 18.9 Å². The summed E-state index contributed by atoms with van der Waals surface area (Å²) in [4.78, 5) is 14.5. The van der Waals surface area contributed by atoms with E-state index < -0.39 is 35.8 Å².